The molecule has 0 saturated heterocycles. The fourth-order valence-electron chi connectivity index (χ4n) is 1.97. The predicted molar refractivity (Wildman–Crippen MR) is 59.7 cm³/mol. The van der Waals surface area contributed by atoms with Crippen molar-refractivity contribution >= 4 is 12.4 Å². The molecule has 14 heavy (non-hydrogen) atoms. The van der Waals surface area contributed by atoms with Gasteiger partial charge in [0.2, 0.25) is 0 Å². The number of halogens is 1. The van der Waals surface area contributed by atoms with Gasteiger partial charge >= 0.3 is 0 Å². The molecule has 1 aromatic carbocycles. The number of benzene rings is 1. The highest BCUT2D eigenvalue weighted by atomic mass is 35.5. The van der Waals surface area contributed by atoms with E-state index in [2.05, 4.69) is 26.0 Å². The van der Waals surface area contributed by atoms with Gasteiger partial charge in [-0.05, 0) is 36.1 Å². The molecule has 0 aromatic heterocycles. The number of hydrogen-bond donors (Lipinski definition) is 1. The van der Waals surface area contributed by atoms with Crippen LogP contribution < -0.4 is 5.73 Å². The molecule has 0 spiro atoms. The normalized spacial score (nSPS) is 19.8. The Morgan fingerprint density at radius 2 is 1.93 bits per heavy atom. The lowest BCUT2D eigenvalue weighted by atomic mass is 9.91. The highest BCUT2D eigenvalue weighted by molar-refractivity contribution is 5.85. The predicted octanol–water partition coefficient (Wildman–Crippen LogP) is 2.26. The van der Waals surface area contributed by atoms with Crippen LogP contribution >= 0.6 is 12.4 Å². The Balaban J connectivity index is 0.000000980. The molecule has 1 aliphatic heterocycles. The van der Waals surface area contributed by atoms with Crippen LogP contribution in [0.1, 0.15) is 28.3 Å². The first-order chi connectivity index (χ1) is 6.20. The minimum Gasteiger partial charge on any atom is -0.375 e. The molecule has 0 radical (unpaired) electrons. The molecule has 2 nitrogen and oxygen atoms in total. The monoisotopic (exact) mass is 213 g/mol. The summed E-state index contributed by atoms with van der Waals surface area (Å²) in [6.45, 7) is 5.59. The summed E-state index contributed by atoms with van der Waals surface area (Å²) < 4.78 is 5.42. The van der Waals surface area contributed by atoms with Crippen molar-refractivity contribution < 1.29 is 4.74 Å². The molecule has 1 aliphatic rings. The molecule has 0 fully saturated rings. The lowest BCUT2D eigenvalue weighted by molar-refractivity contribution is 0.0916. The van der Waals surface area contributed by atoms with Crippen LogP contribution in [0.4, 0.5) is 0 Å². The molecule has 1 unspecified atom stereocenters. The van der Waals surface area contributed by atoms with Crippen molar-refractivity contribution in [3.63, 3.8) is 0 Å². The number of rotatable bonds is 0. The van der Waals surface area contributed by atoms with E-state index in [0.717, 1.165) is 6.61 Å². The van der Waals surface area contributed by atoms with E-state index < -0.39 is 0 Å². The van der Waals surface area contributed by atoms with Crippen LogP contribution in [-0.4, -0.2) is 6.61 Å². The van der Waals surface area contributed by atoms with Crippen LogP contribution in [0.5, 0.6) is 0 Å². The maximum Gasteiger partial charge on any atom is 0.0723 e. The fourth-order valence-corrected chi connectivity index (χ4v) is 1.97. The Morgan fingerprint density at radius 1 is 1.29 bits per heavy atom. The van der Waals surface area contributed by atoms with Crippen molar-refractivity contribution in [2.24, 2.45) is 5.73 Å². The van der Waals surface area contributed by atoms with Crippen molar-refractivity contribution in [2.45, 2.75) is 26.5 Å². The van der Waals surface area contributed by atoms with Gasteiger partial charge in [-0.3, -0.25) is 0 Å². The zero-order valence-electron chi connectivity index (χ0n) is 8.54. The summed E-state index contributed by atoms with van der Waals surface area (Å²) in [6.07, 6.45) is 0. The molecule has 1 heterocycles. The smallest absolute Gasteiger partial charge is 0.0723 e. The first-order valence-electron chi connectivity index (χ1n) is 4.62. The third kappa shape index (κ3) is 1.78. The van der Waals surface area contributed by atoms with Crippen molar-refractivity contribution in [3.8, 4) is 0 Å². The minimum absolute atomic E-state index is 0. The maximum absolute atomic E-state index is 5.99. The number of fused-ring (bicyclic) bond motifs is 1. The molecule has 2 rings (SSSR count). The summed E-state index contributed by atoms with van der Waals surface area (Å²) >= 11 is 0. The van der Waals surface area contributed by atoms with E-state index in [1.165, 1.54) is 22.3 Å². The molecule has 1 aromatic rings. The first kappa shape index (κ1) is 11.5. The third-order valence-electron chi connectivity index (χ3n) is 2.72. The van der Waals surface area contributed by atoms with Gasteiger partial charge in [0.15, 0.2) is 0 Å². The SMILES string of the molecule is Cc1ccc(C)c2c1COCC2N.Cl. The number of ether oxygens (including phenoxy) is 1. The summed E-state index contributed by atoms with van der Waals surface area (Å²) in [6, 6.07) is 4.33. The van der Waals surface area contributed by atoms with E-state index in [0.29, 0.717) is 6.61 Å². The van der Waals surface area contributed by atoms with Crippen LogP contribution in [0.25, 0.3) is 0 Å². The molecule has 0 saturated carbocycles. The van der Waals surface area contributed by atoms with E-state index in [9.17, 15) is 0 Å². The van der Waals surface area contributed by atoms with E-state index in [-0.39, 0.29) is 18.4 Å². The lowest BCUT2D eigenvalue weighted by Crippen LogP contribution is -2.25. The van der Waals surface area contributed by atoms with Crippen LogP contribution in [0.15, 0.2) is 12.1 Å². The number of aryl methyl sites for hydroxylation is 2. The van der Waals surface area contributed by atoms with Gasteiger partial charge in [0, 0.05) is 0 Å². The van der Waals surface area contributed by atoms with Gasteiger partial charge in [-0.1, -0.05) is 12.1 Å². The second-order valence-electron chi connectivity index (χ2n) is 3.71. The van der Waals surface area contributed by atoms with Crippen molar-refractivity contribution in [1.29, 1.82) is 0 Å². The van der Waals surface area contributed by atoms with Crippen molar-refractivity contribution in [3.05, 3.63) is 34.4 Å². The van der Waals surface area contributed by atoms with E-state index in [4.69, 9.17) is 10.5 Å². The Morgan fingerprint density at radius 3 is 2.57 bits per heavy atom. The van der Waals surface area contributed by atoms with Crippen LogP contribution in [0.2, 0.25) is 0 Å². The van der Waals surface area contributed by atoms with Crippen molar-refractivity contribution in [2.75, 3.05) is 6.61 Å². The summed E-state index contributed by atoms with van der Waals surface area (Å²) in [7, 11) is 0. The Kier molecular flexibility index (Phi) is 3.53. The molecule has 0 amide bonds. The molecular weight excluding hydrogens is 198 g/mol. The lowest BCUT2D eigenvalue weighted by Gasteiger charge is -2.26. The molecule has 78 valence electrons. The molecular formula is C11H16ClNO. The topological polar surface area (TPSA) is 35.2 Å². The second kappa shape index (κ2) is 4.30. The Bertz CT molecular complexity index is 338. The van der Waals surface area contributed by atoms with Gasteiger partial charge in [0.25, 0.3) is 0 Å². The maximum atomic E-state index is 5.99. The van der Waals surface area contributed by atoms with Crippen LogP contribution in [0, 0.1) is 13.8 Å². The highest BCUT2D eigenvalue weighted by Crippen LogP contribution is 2.28. The van der Waals surface area contributed by atoms with E-state index >= 15 is 0 Å². The average Bonchev–Trinajstić information content (AvgIpc) is 2.12. The zero-order chi connectivity index (χ0) is 9.42. The average molecular weight is 214 g/mol. The van der Waals surface area contributed by atoms with Gasteiger partial charge in [-0.2, -0.15) is 0 Å². The molecule has 1 atom stereocenters. The molecule has 0 bridgehead atoms. The fraction of sp³-hybridized carbons (Fsp3) is 0.455. The van der Waals surface area contributed by atoms with Gasteiger partial charge in [-0.25, -0.2) is 0 Å². The van der Waals surface area contributed by atoms with Gasteiger partial charge in [0.05, 0.1) is 19.3 Å². The van der Waals surface area contributed by atoms with E-state index in [1.54, 1.807) is 0 Å². The third-order valence-corrected chi connectivity index (χ3v) is 2.72. The van der Waals surface area contributed by atoms with Gasteiger partial charge < -0.3 is 10.5 Å². The summed E-state index contributed by atoms with van der Waals surface area (Å²) in [5, 5.41) is 0. The largest absolute Gasteiger partial charge is 0.375 e. The minimum atomic E-state index is 0. The Labute approximate surface area is 90.9 Å². The van der Waals surface area contributed by atoms with Gasteiger partial charge in [0.1, 0.15) is 0 Å². The second-order valence-corrected chi connectivity index (χ2v) is 3.71. The number of nitrogens with two attached hydrogens (primary N) is 1. The van der Waals surface area contributed by atoms with Gasteiger partial charge in [-0.15, -0.1) is 12.4 Å². The zero-order valence-corrected chi connectivity index (χ0v) is 9.36. The standard InChI is InChI=1S/C11H15NO.ClH/c1-7-3-4-8(2)11-9(7)5-13-6-10(11)12;/h3-4,10H,5-6,12H2,1-2H3;1H. The summed E-state index contributed by atoms with van der Waals surface area (Å²) in [5.41, 5.74) is 11.2. The van der Waals surface area contributed by atoms with E-state index in [1.807, 2.05) is 0 Å². The summed E-state index contributed by atoms with van der Waals surface area (Å²) in [5.74, 6) is 0. The molecule has 0 aliphatic carbocycles. The number of hydrogen-bond acceptors (Lipinski definition) is 2. The van der Waals surface area contributed by atoms with Crippen LogP contribution in [0.3, 0.4) is 0 Å². The highest BCUT2D eigenvalue weighted by Gasteiger charge is 2.20. The summed E-state index contributed by atoms with van der Waals surface area (Å²) in [4.78, 5) is 0. The van der Waals surface area contributed by atoms with Crippen LogP contribution in [-0.2, 0) is 11.3 Å². The first-order valence-corrected chi connectivity index (χ1v) is 4.62. The molecule has 3 heteroatoms. The van der Waals surface area contributed by atoms with Crippen molar-refractivity contribution in [1.82, 2.24) is 0 Å². The molecule has 2 N–H and O–H groups in total. The quantitative estimate of drug-likeness (QED) is 0.718. The Hall–Kier alpha value is -0.570.